The summed E-state index contributed by atoms with van der Waals surface area (Å²) < 4.78 is 0. The molecule has 0 fully saturated rings. The quantitative estimate of drug-likeness (QED) is 0.176. The van der Waals surface area contributed by atoms with Crippen LogP contribution in [0.2, 0.25) is 0 Å². The maximum Gasteiger partial charge on any atom is 0.198 e. The van der Waals surface area contributed by atoms with E-state index in [1.54, 1.807) is 0 Å². The minimum atomic E-state index is 0.504. The largest absolute Gasteiger partial charge is 0.233 e. The fourth-order valence-corrected chi connectivity index (χ4v) is 5.56. The Morgan fingerprint density at radius 1 is 0.375 bits per heavy atom. The first kappa shape index (κ1) is 22.5. The van der Waals surface area contributed by atoms with Crippen molar-refractivity contribution in [2.45, 2.75) is 0 Å². The average Bonchev–Trinajstić information content (AvgIpc) is 3.04. The first-order chi connectivity index (χ1) is 19.8. The molecule has 0 aliphatic heterocycles. The van der Waals surface area contributed by atoms with E-state index in [0.717, 1.165) is 44.2 Å². The van der Waals surface area contributed by atoms with E-state index < -0.39 is 0 Å². The van der Waals surface area contributed by atoms with E-state index in [4.69, 9.17) is 19.9 Å². The molecule has 4 nitrogen and oxygen atoms in total. The first-order valence-corrected chi connectivity index (χ1v) is 13.3. The maximum absolute atomic E-state index is 5.16. The molecule has 2 heterocycles. The molecule has 6 aromatic carbocycles. The van der Waals surface area contributed by atoms with Crippen molar-refractivity contribution in [1.82, 2.24) is 19.9 Å². The van der Waals surface area contributed by atoms with Crippen molar-refractivity contribution in [2.75, 3.05) is 0 Å². The van der Waals surface area contributed by atoms with Crippen LogP contribution in [0.3, 0.4) is 0 Å². The van der Waals surface area contributed by atoms with Gasteiger partial charge in [0.15, 0.2) is 11.6 Å². The van der Waals surface area contributed by atoms with Crippen LogP contribution in [0.1, 0.15) is 0 Å². The highest BCUT2D eigenvalue weighted by molar-refractivity contribution is 6.26. The molecular weight excluding hydrogens is 488 g/mol. The third-order valence-corrected chi connectivity index (χ3v) is 7.50. The Hall–Kier alpha value is -5.48. The molecule has 0 radical (unpaired) electrons. The Labute approximate surface area is 230 Å². The molecule has 2 aromatic heterocycles. The zero-order chi connectivity index (χ0) is 26.5. The number of hydrogen-bond acceptors (Lipinski definition) is 4. The van der Waals surface area contributed by atoms with Gasteiger partial charge in [0, 0.05) is 28.1 Å². The van der Waals surface area contributed by atoms with Crippen LogP contribution in [0.4, 0.5) is 0 Å². The van der Waals surface area contributed by atoms with E-state index in [-0.39, 0.29) is 0 Å². The van der Waals surface area contributed by atoms with Gasteiger partial charge in [-0.25, -0.2) is 19.9 Å². The topological polar surface area (TPSA) is 51.6 Å². The fourth-order valence-electron chi connectivity index (χ4n) is 5.56. The number of benzene rings is 6. The van der Waals surface area contributed by atoms with E-state index in [1.807, 2.05) is 48.7 Å². The number of rotatable bonds is 3. The zero-order valence-corrected chi connectivity index (χ0v) is 21.5. The SMILES string of the molecule is c1ccc(-c2cc(-c3ccccc3)nc(-c3ncc4c5ccccc5c5cc6ccccc6cc5c4n3)n2)cc1. The van der Waals surface area contributed by atoms with Gasteiger partial charge in [0.1, 0.15) is 0 Å². The molecule has 186 valence electrons. The van der Waals surface area contributed by atoms with Gasteiger partial charge in [-0.15, -0.1) is 0 Å². The minimum Gasteiger partial charge on any atom is -0.233 e. The van der Waals surface area contributed by atoms with Crippen molar-refractivity contribution in [3.63, 3.8) is 0 Å². The van der Waals surface area contributed by atoms with Gasteiger partial charge in [0.25, 0.3) is 0 Å². The normalized spacial score (nSPS) is 11.5. The van der Waals surface area contributed by atoms with Crippen molar-refractivity contribution >= 4 is 43.2 Å². The third-order valence-electron chi connectivity index (χ3n) is 7.50. The van der Waals surface area contributed by atoms with Gasteiger partial charge in [0.2, 0.25) is 0 Å². The van der Waals surface area contributed by atoms with E-state index >= 15 is 0 Å². The molecule has 8 rings (SSSR count). The van der Waals surface area contributed by atoms with Gasteiger partial charge < -0.3 is 0 Å². The Morgan fingerprint density at radius 2 is 0.900 bits per heavy atom. The Bertz CT molecular complexity index is 2150. The second-order valence-electron chi connectivity index (χ2n) is 9.94. The number of fused-ring (bicyclic) bond motifs is 7. The standard InChI is InChI=1S/C36H22N4/c1-3-11-23(12-4-1)32-21-33(24-13-5-2-6-14-24)39-36(38-32)35-37-22-31-28-18-10-9-17-27(28)29-19-25-15-7-8-16-26(25)20-30(29)34(31)40-35/h1-22H. The van der Waals surface area contributed by atoms with Crippen LogP contribution >= 0.6 is 0 Å². The Balaban J connectivity index is 1.43. The average molecular weight is 511 g/mol. The minimum absolute atomic E-state index is 0.504. The summed E-state index contributed by atoms with van der Waals surface area (Å²) in [6.45, 7) is 0. The van der Waals surface area contributed by atoms with Crippen LogP contribution in [-0.4, -0.2) is 19.9 Å². The van der Waals surface area contributed by atoms with Crippen molar-refractivity contribution in [3.8, 4) is 34.2 Å². The second kappa shape index (κ2) is 9.07. The summed E-state index contributed by atoms with van der Waals surface area (Å²) in [5.74, 6) is 1.01. The summed E-state index contributed by atoms with van der Waals surface area (Å²) in [4.78, 5) is 19.9. The highest BCUT2D eigenvalue weighted by atomic mass is 15.0. The van der Waals surface area contributed by atoms with Gasteiger partial charge in [-0.1, -0.05) is 109 Å². The lowest BCUT2D eigenvalue weighted by molar-refractivity contribution is 1.11. The fraction of sp³-hybridized carbons (Fsp3) is 0. The predicted molar refractivity (Wildman–Crippen MR) is 164 cm³/mol. The molecule has 40 heavy (non-hydrogen) atoms. The van der Waals surface area contributed by atoms with Crippen LogP contribution in [0, 0.1) is 0 Å². The maximum atomic E-state index is 5.16. The summed E-state index contributed by atoms with van der Waals surface area (Å²) in [6.07, 6.45) is 1.93. The first-order valence-electron chi connectivity index (χ1n) is 13.3. The van der Waals surface area contributed by atoms with Crippen LogP contribution in [0.5, 0.6) is 0 Å². The lowest BCUT2D eigenvalue weighted by Gasteiger charge is -2.12. The van der Waals surface area contributed by atoms with Gasteiger partial charge in [-0.05, 0) is 45.1 Å². The predicted octanol–water partition coefficient (Wildman–Crippen LogP) is 8.88. The van der Waals surface area contributed by atoms with E-state index in [0.29, 0.717) is 11.6 Å². The molecule has 0 atom stereocenters. The molecule has 0 aliphatic carbocycles. The van der Waals surface area contributed by atoms with Crippen LogP contribution in [-0.2, 0) is 0 Å². The van der Waals surface area contributed by atoms with Gasteiger partial charge in [-0.2, -0.15) is 0 Å². The molecule has 0 spiro atoms. The van der Waals surface area contributed by atoms with Gasteiger partial charge in [0.05, 0.1) is 16.9 Å². The molecule has 0 bridgehead atoms. The molecule has 0 saturated carbocycles. The Kier molecular flexibility index (Phi) is 5.10. The van der Waals surface area contributed by atoms with Crippen molar-refractivity contribution in [2.24, 2.45) is 0 Å². The number of aromatic nitrogens is 4. The smallest absolute Gasteiger partial charge is 0.198 e. The van der Waals surface area contributed by atoms with Gasteiger partial charge >= 0.3 is 0 Å². The lowest BCUT2D eigenvalue weighted by atomic mass is 9.95. The van der Waals surface area contributed by atoms with Gasteiger partial charge in [-0.3, -0.25) is 0 Å². The van der Waals surface area contributed by atoms with Crippen molar-refractivity contribution in [3.05, 3.63) is 134 Å². The number of hydrogen-bond donors (Lipinski definition) is 0. The van der Waals surface area contributed by atoms with Crippen LogP contribution < -0.4 is 0 Å². The molecular formula is C36H22N4. The van der Waals surface area contributed by atoms with Crippen LogP contribution in [0.15, 0.2) is 134 Å². The van der Waals surface area contributed by atoms with E-state index in [1.165, 1.54) is 21.5 Å². The molecule has 0 N–H and O–H groups in total. The highest BCUT2D eigenvalue weighted by Gasteiger charge is 2.16. The Morgan fingerprint density at radius 3 is 1.52 bits per heavy atom. The molecule has 0 saturated heterocycles. The van der Waals surface area contributed by atoms with Crippen LogP contribution in [0.25, 0.3) is 77.4 Å². The van der Waals surface area contributed by atoms with Crippen molar-refractivity contribution < 1.29 is 0 Å². The summed E-state index contributed by atoms with van der Waals surface area (Å²) in [6, 6.07) is 43.9. The molecule has 0 aliphatic rings. The molecule has 4 heteroatoms. The summed E-state index contributed by atoms with van der Waals surface area (Å²) in [7, 11) is 0. The molecule has 8 aromatic rings. The van der Waals surface area contributed by atoms with Crippen molar-refractivity contribution in [1.29, 1.82) is 0 Å². The highest BCUT2D eigenvalue weighted by Crippen LogP contribution is 2.37. The molecule has 0 unspecified atom stereocenters. The molecule has 0 amide bonds. The third kappa shape index (κ3) is 3.69. The second-order valence-corrected chi connectivity index (χ2v) is 9.94. The summed E-state index contributed by atoms with van der Waals surface area (Å²) in [5.41, 5.74) is 4.61. The monoisotopic (exact) mass is 510 g/mol. The van der Waals surface area contributed by atoms with E-state index in [9.17, 15) is 0 Å². The number of nitrogens with zero attached hydrogens (tertiary/aromatic N) is 4. The lowest BCUT2D eigenvalue weighted by Crippen LogP contribution is -2.00. The summed E-state index contributed by atoms with van der Waals surface area (Å²) >= 11 is 0. The van der Waals surface area contributed by atoms with E-state index in [2.05, 4.69) is 84.9 Å². The zero-order valence-electron chi connectivity index (χ0n) is 21.5. The summed E-state index contributed by atoms with van der Waals surface area (Å²) in [5, 5.41) is 8.01.